The number of aliphatic hydroxyl groups excluding tert-OH is 1. The van der Waals surface area contributed by atoms with E-state index in [0.29, 0.717) is 12.8 Å². The van der Waals surface area contributed by atoms with Gasteiger partial charge in [0.2, 0.25) is 11.7 Å². The van der Waals surface area contributed by atoms with Gasteiger partial charge in [-0.25, -0.2) is 9.78 Å². The normalized spacial score (nSPS) is 11.8. The molecule has 0 amide bonds. The summed E-state index contributed by atoms with van der Waals surface area (Å²) in [6.07, 6.45) is 1.40. The number of rotatable bonds is 7. The number of carbonyl (C=O) groups excluding carboxylic acids is 1. The number of carbonyl (C=O) groups is 1. The molecule has 0 radical (unpaired) electrons. The number of nitrogens with zero attached hydrogens (tertiary/aromatic N) is 1. The first-order chi connectivity index (χ1) is 12.7. The van der Waals surface area contributed by atoms with Crippen LogP contribution in [0.15, 0.2) is 65.2 Å². The summed E-state index contributed by atoms with van der Waals surface area (Å²) in [5, 5.41) is 10.2. The van der Waals surface area contributed by atoms with E-state index in [4.69, 9.17) is 9.15 Å². The zero-order valence-electron chi connectivity index (χ0n) is 14.3. The molecule has 0 bridgehead atoms. The van der Waals surface area contributed by atoms with Crippen molar-refractivity contribution in [2.24, 2.45) is 0 Å². The molecule has 1 N–H and O–H groups in total. The molecule has 3 rings (SSSR count). The molecule has 1 aromatic heterocycles. The van der Waals surface area contributed by atoms with E-state index in [1.807, 2.05) is 54.6 Å². The molecular formula is C20H19NO5. The second kappa shape index (κ2) is 8.31. The van der Waals surface area contributed by atoms with Crippen LogP contribution in [0.3, 0.4) is 0 Å². The van der Waals surface area contributed by atoms with Crippen molar-refractivity contribution in [2.45, 2.75) is 18.9 Å². The van der Waals surface area contributed by atoms with Crippen molar-refractivity contribution in [1.82, 2.24) is 4.98 Å². The Kier molecular flexibility index (Phi) is 5.66. The maximum absolute atomic E-state index is 11.3. The summed E-state index contributed by atoms with van der Waals surface area (Å²) in [4.78, 5) is 15.3. The Morgan fingerprint density at radius 3 is 2.50 bits per heavy atom. The number of oxazole rings is 1. The number of hydrogen-bond donors (Lipinski definition) is 1. The van der Waals surface area contributed by atoms with Crippen molar-refractivity contribution in [2.75, 3.05) is 7.11 Å². The van der Waals surface area contributed by atoms with Gasteiger partial charge in [-0.1, -0.05) is 30.3 Å². The van der Waals surface area contributed by atoms with Crippen LogP contribution in [0.25, 0.3) is 0 Å². The molecule has 26 heavy (non-hydrogen) atoms. The number of para-hydroxylation sites is 1. The van der Waals surface area contributed by atoms with Gasteiger partial charge in [0.15, 0.2) is 0 Å². The third kappa shape index (κ3) is 4.49. The van der Waals surface area contributed by atoms with Gasteiger partial charge in [-0.05, 0) is 42.7 Å². The van der Waals surface area contributed by atoms with Crippen LogP contribution in [0, 0.1) is 0 Å². The minimum Gasteiger partial charge on any atom is -0.463 e. The summed E-state index contributed by atoms with van der Waals surface area (Å²) in [6, 6.07) is 17.2. The zero-order valence-corrected chi connectivity index (χ0v) is 14.3. The first-order valence-electron chi connectivity index (χ1n) is 8.19. The summed E-state index contributed by atoms with van der Waals surface area (Å²) in [7, 11) is 1.26. The molecule has 0 aliphatic rings. The number of hydrogen-bond acceptors (Lipinski definition) is 6. The molecule has 1 atom stereocenters. The van der Waals surface area contributed by atoms with Gasteiger partial charge < -0.3 is 19.0 Å². The number of ether oxygens (including phenoxy) is 2. The van der Waals surface area contributed by atoms with E-state index in [1.165, 1.54) is 13.3 Å². The summed E-state index contributed by atoms with van der Waals surface area (Å²) in [6.45, 7) is 0. The van der Waals surface area contributed by atoms with Crippen LogP contribution >= 0.6 is 0 Å². The smallest absolute Gasteiger partial charge is 0.375 e. The molecule has 0 saturated carbocycles. The third-order valence-electron chi connectivity index (χ3n) is 3.80. The Hall–Kier alpha value is -3.12. The lowest BCUT2D eigenvalue weighted by molar-refractivity contribution is 0.0553. The van der Waals surface area contributed by atoms with Crippen molar-refractivity contribution in [3.8, 4) is 11.5 Å². The van der Waals surface area contributed by atoms with Crippen LogP contribution in [-0.4, -0.2) is 23.2 Å². The highest BCUT2D eigenvalue weighted by molar-refractivity contribution is 5.85. The summed E-state index contributed by atoms with van der Waals surface area (Å²) in [5.41, 5.74) is 1.05. The van der Waals surface area contributed by atoms with Crippen LogP contribution in [0.2, 0.25) is 0 Å². The van der Waals surface area contributed by atoms with E-state index in [-0.39, 0.29) is 11.7 Å². The van der Waals surface area contributed by atoms with Gasteiger partial charge in [-0.15, -0.1) is 0 Å². The lowest BCUT2D eigenvalue weighted by atomic mass is 10.1. The Balaban J connectivity index is 1.54. The Labute approximate surface area is 151 Å². The highest BCUT2D eigenvalue weighted by Crippen LogP contribution is 2.23. The largest absolute Gasteiger partial charge is 0.463 e. The molecule has 6 nitrogen and oxygen atoms in total. The maximum Gasteiger partial charge on any atom is 0.375 e. The van der Waals surface area contributed by atoms with E-state index in [9.17, 15) is 9.90 Å². The monoisotopic (exact) mass is 353 g/mol. The van der Waals surface area contributed by atoms with E-state index in [0.717, 1.165) is 17.1 Å². The Morgan fingerprint density at radius 1 is 1.12 bits per heavy atom. The van der Waals surface area contributed by atoms with Crippen LogP contribution in [0.1, 0.15) is 34.5 Å². The van der Waals surface area contributed by atoms with Gasteiger partial charge in [0.25, 0.3) is 0 Å². The minimum atomic E-state index is -0.895. The highest BCUT2D eigenvalue weighted by atomic mass is 16.5. The minimum absolute atomic E-state index is 0.0241. The van der Waals surface area contributed by atoms with Crippen molar-refractivity contribution in [3.63, 3.8) is 0 Å². The zero-order chi connectivity index (χ0) is 18.4. The molecule has 0 spiro atoms. The second-order valence-corrected chi connectivity index (χ2v) is 5.67. The van der Waals surface area contributed by atoms with Gasteiger partial charge in [-0.2, -0.15) is 0 Å². The van der Waals surface area contributed by atoms with Gasteiger partial charge in [0.1, 0.15) is 17.6 Å². The first-order valence-corrected chi connectivity index (χ1v) is 8.19. The Bertz CT molecular complexity index is 842. The van der Waals surface area contributed by atoms with Crippen molar-refractivity contribution in [3.05, 3.63) is 78.0 Å². The first kappa shape index (κ1) is 17.7. The fraction of sp³-hybridized carbons (Fsp3) is 0.200. The topological polar surface area (TPSA) is 81.8 Å². The summed E-state index contributed by atoms with van der Waals surface area (Å²) < 4.78 is 15.5. The Morgan fingerprint density at radius 2 is 1.81 bits per heavy atom. The van der Waals surface area contributed by atoms with Gasteiger partial charge in [0, 0.05) is 0 Å². The summed E-state index contributed by atoms with van der Waals surface area (Å²) in [5.74, 6) is 0.986. The fourth-order valence-corrected chi connectivity index (χ4v) is 2.41. The standard InChI is InChI=1S/C20H19NO5/c1-24-20(23)18-13-21-19(26-18)17(22)12-9-14-7-10-16(11-8-14)25-15-5-3-2-4-6-15/h2-8,10-11,13,17,22H,9,12H2,1H3. The molecule has 0 aliphatic heterocycles. The number of esters is 1. The van der Waals surface area contributed by atoms with Crippen LogP contribution < -0.4 is 4.74 Å². The van der Waals surface area contributed by atoms with E-state index < -0.39 is 12.1 Å². The van der Waals surface area contributed by atoms with Gasteiger partial charge >= 0.3 is 5.97 Å². The molecule has 2 aromatic carbocycles. The molecule has 0 saturated heterocycles. The number of aliphatic hydroxyl groups is 1. The van der Waals surface area contributed by atoms with E-state index >= 15 is 0 Å². The van der Waals surface area contributed by atoms with Crippen LogP contribution in [-0.2, 0) is 11.2 Å². The maximum atomic E-state index is 11.3. The molecule has 1 unspecified atom stereocenters. The molecule has 3 aromatic rings. The lowest BCUT2D eigenvalue weighted by Crippen LogP contribution is -2.01. The number of aryl methyl sites for hydroxylation is 1. The quantitative estimate of drug-likeness (QED) is 0.648. The SMILES string of the molecule is COC(=O)c1cnc(C(O)CCc2ccc(Oc3ccccc3)cc2)o1. The average molecular weight is 353 g/mol. The molecule has 6 heteroatoms. The molecule has 0 fully saturated rings. The number of aromatic nitrogens is 1. The van der Waals surface area contributed by atoms with E-state index in [1.54, 1.807) is 0 Å². The van der Waals surface area contributed by atoms with Crippen molar-refractivity contribution < 1.29 is 23.8 Å². The van der Waals surface area contributed by atoms with Gasteiger partial charge in [-0.3, -0.25) is 0 Å². The van der Waals surface area contributed by atoms with Crippen molar-refractivity contribution in [1.29, 1.82) is 0 Å². The third-order valence-corrected chi connectivity index (χ3v) is 3.80. The van der Waals surface area contributed by atoms with Crippen LogP contribution in [0.4, 0.5) is 0 Å². The van der Waals surface area contributed by atoms with E-state index in [2.05, 4.69) is 9.72 Å². The average Bonchev–Trinajstić information content (AvgIpc) is 3.18. The molecule has 1 heterocycles. The molecular weight excluding hydrogens is 334 g/mol. The second-order valence-electron chi connectivity index (χ2n) is 5.67. The predicted molar refractivity (Wildman–Crippen MR) is 94.1 cm³/mol. The van der Waals surface area contributed by atoms with Gasteiger partial charge in [0.05, 0.1) is 13.3 Å². The predicted octanol–water partition coefficient (Wildman–Crippen LogP) is 3.92. The lowest BCUT2D eigenvalue weighted by Gasteiger charge is -2.08. The number of methoxy groups -OCH3 is 1. The fourth-order valence-electron chi connectivity index (χ4n) is 2.41. The van der Waals surface area contributed by atoms with Crippen LogP contribution in [0.5, 0.6) is 11.5 Å². The molecule has 0 aliphatic carbocycles. The highest BCUT2D eigenvalue weighted by Gasteiger charge is 2.18. The van der Waals surface area contributed by atoms with Crippen molar-refractivity contribution >= 4 is 5.97 Å². The summed E-state index contributed by atoms with van der Waals surface area (Å²) >= 11 is 0. The molecule has 134 valence electrons. The number of benzene rings is 2.